The Kier molecular flexibility index (Phi) is 4.40. The van der Waals surface area contributed by atoms with Gasteiger partial charge >= 0.3 is 0 Å². The molecule has 94 valence electrons. The van der Waals surface area contributed by atoms with Gasteiger partial charge in [0.15, 0.2) is 11.6 Å². The summed E-state index contributed by atoms with van der Waals surface area (Å²) in [5.41, 5.74) is 0.258. The SMILES string of the molecule is OCc1c(Br)ccc(OCC2CCCC2)c1F. The quantitative estimate of drug-likeness (QED) is 0.920. The maximum absolute atomic E-state index is 13.9. The predicted molar refractivity (Wildman–Crippen MR) is 67.5 cm³/mol. The van der Waals surface area contributed by atoms with E-state index in [0.717, 1.165) is 0 Å². The summed E-state index contributed by atoms with van der Waals surface area (Å²) in [6, 6.07) is 3.31. The van der Waals surface area contributed by atoms with E-state index in [9.17, 15) is 4.39 Å². The summed E-state index contributed by atoms with van der Waals surface area (Å²) < 4.78 is 20.0. The fraction of sp³-hybridized carbons (Fsp3) is 0.538. The monoisotopic (exact) mass is 302 g/mol. The Hall–Kier alpha value is -0.610. The maximum Gasteiger partial charge on any atom is 0.171 e. The second-order valence-corrected chi connectivity index (χ2v) is 5.31. The maximum atomic E-state index is 13.9. The Morgan fingerprint density at radius 2 is 2.06 bits per heavy atom. The third-order valence-corrected chi connectivity index (χ3v) is 4.00. The van der Waals surface area contributed by atoms with Gasteiger partial charge in [0.1, 0.15) is 0 Å². The molecule has 1 aromatic rings. The molecular formula is C13H16BrFO2. The summed E-state index contributed by atoms with van der Waals surface area (Å²) in [5.74, 6) is 0.333. The van der Waals surface area contributed by atoms with Gasteiger partial charge in [0.25, 0.3) is 0 Å². The van der Waals surface area contributed by atoms with Gasteiger partial charge in [0, 0.05) is 10.0 Å². The van der Waals surface area contributed by atoms with Gasteiger partial charge in [-0.1, -0.05) is 28.8 Å². The molecule has 2 nitrogen and oxygen atoms in total. The molecule has 0 unspecified atom stereocenters. The summed E-state index contributed by atoms with van der Waals surface area (Å²) in [4.78, 5) is 0. The normalized spacial score (nSPS) is 16.4. The average Bonchev–Trinajstić information content (AvgIpc) is 2.82. The molecule has 0 heterocycles. The topological polar surface area (TPSA) is 29.5 Å². The van der Waals surface area contributed by atoms with Crippen molar-refractivity contribution in [2.24, 2.45) is 5.92 Å². The largest absolute Gasteiger partial charge is 0.490 e. The van der Waals surface area contributed by atoms with E-state index in [4.69, 9.17) is 9.84 Å². The summed E-state index contributed by atoms with van der Waals surface area (Å²) in [6.07, 6.45) is 4.84. The van der Waals surface area contributed by atoms with Crippen molar-refractivity contribution in [2.45, 2.75) is 32.3 Å². The molecule has 17 heavy (non-hydrogen) atoms. The van der Waals surface area contributed by atoms with Gasteiger partial charge in [-0.05, 0) is 30.9 Å². The lowest BCUT2D eigenvalue weighted by Gasteiger charge is -2.13. The fourth-order valence-corrected chi connectivity index (χ4v) is 2.65. The van der Waals surface area contributed by atoms with E-state index in [2.05, 4.69) is 15.9 Å². The number of aliphatic hydroxyl groups excluding tert-OH is 1. The van der Waals surface area contributed by atoms with Crippen molar-refractivity contribution in [1.29, 1.82) is 0 Å². The Labute approximate surface area is 109 Å². The van der Waals surface area contributed by atoms with Crippen molar-refractivity contribution < 1.29 is 14.2 Å². The first-order valence-corrected chi connectivity index (χ1v) is 6.72. The van der Waals surface area contributed by atoms with Crippen LogP contribution in [0.3, 0.4) is 0 Å². The third-order valence-electron chi connectivity index (χ3n) is 3.26. The van der Waals surface area contributed by atoms with Crippen LogP contribution < -0.4 is 4.74 Å². The minimum atomic E-state index is -0.458. The minimum absolute atomic E-state index is 0.240. The first-order chi connectivity index (χ1) is 8.22. The molecule has 0 radical (unpaired) electrons. The number of benzene rings is 1. The average molecular weight is 303 g/mol. The van der Waals surface area contributed by atoms with Crippen LogP contribution in [-0.2, 0) is 6.61 Å². The van der Waals surface area contributed by atoms with Gasteiger partial charge in [-0.2, -0.15) is 0 Å². The molecule has 0 spiro atoms. The van der Waals surface area contributed by atoms with E-state index in [-0.39, 0.29) is 17.9 Å². The molecule has 0 atom stereocenters. The lowest BCUT2D eigenvalue weighted by atomic mass is 10.1. The number of hydrogen-bond acceptors (Lipinski definition) is 2. The highest BCUT2D eigenvalue weighted by atomic mass is 79.9. The van der Waals surface area contributed by atoms with Crippen LogP contribution in [0.15, 0.2) is 16.6 Å². The molecule has 0 bridgehead atoms. The molecule has 0 saturated heterocycles. The summed E-state index contributed by atoms with van der Waals surface area (Å²) in [6.45, 7) is 0.246. The fourth-order valence-electron chi connectivity index (χ4n) is 2.22. The van der Waals surface area contributed by atoms with Crippen LogP contribution in [0.5, 0.6) is 5.75 Å². The molecule has 0 aromatic heterocycles. The molecule has 1 aliphatic rings. The van der Waals surface area contributed by atoms with E-state index in [1.165, 1.54) is 25.7 Å². The Morgan fingerprint density at radius 1 is 1.35 bits per heavy atom. The lowest BCUT2D eigenvalue weighted by Crippen LogP contribution is -2.09. The van der Waals surface area contributed by atoms with Crippen LogP contribution in [0, 0.1) is 11.7 Å². The van der Waals surface area contributed by atoms with Crippen LogP contribution in [-0.4, -0.2) is 11.7 Å². The van der Waals surface area contributed by atoms with E-state index in [0.29, 0.717) is 17.0 Å². The van der Waals surface area contributed by atoms with Crippen LogP contribution >= 0.6 is 15.9 Å². The van der Waals surface area contributed by atoms with Gasteiger partial charge < -0.3 is 9.84 Å². The molecule has 4 heteroatoms. The Balaban J connectivity index is 2.05. The van der Waals surface area contributed by atoms with Crippen molar-refractivity contribution in [3.05, 3.63) is 28.0 Å². The lowest BCUT2D eigenvalue weighted by molar-refractivity contribution is 0.235. The van der Waals surface area contributed by atoms with E-state index < -0.39 is 5.82 Å². The van der Waals surface area contributed by atoms with Crippen LogP contribution in [0.1, 0.15) is 31.2 Å². The van der Waals surface area contributed by atoms with E-state index in [1.807, 2.05) is 0 Å². The molecule has 2 rings (SSSR count). The molecule has 1 aliphatic carbocycles. The van der Waals surface area contributed by atoms with Gasteiger partial charge in [-0.3, -0.25) is 0 Å². The smallest absolute Gasteiger partial charge is 0.171 e. The zero-order chi connectivity index (χ0) is 12.3. The van der Waals surface area contributed by atoms with Gasteiger partial charge in [0.2, 0.25) is 0 Å². The summed E-state index contributed by atoms with van der Waals surface area (Å²) >= 11 is 3.20. The summed E-state index contributed by atoms with van der Waals surface area (Å²) in [7, 11) is 0. The number of hydrogen-bond donors (Lipinski definition) is 1. The highest BCUT2D eigenvalue weighted by molar-refractivity contribution is 9.10. The molecule has 1 aromatic carbocycles. The van der Waals surface area contributed by atoms with E-state index in [1.54, 1.807) is 12.1 Å². The standard InChI is InChI=1S/C13H16BrFO2/c14-11-5-6-12(13(15)10(11)7-16)17-8-9-3-1-2-4-9/h5-6,9,16H,1-4,7-8H2. The second kappa shape index (κ2) is 5.83. The second-order valence-electron chi connectivity index (χ2n) is 4.46. The van der Waals surface area contributed by atoms with Crippen molar-refractivity contribution >= 4 is 15.9 Å². The van der Waals surface area contributed by atoms with Crippen molar-refractivity contribution in [2.75, 3.05) is 6.61 Å². The molecule has 1 saturated carbocycles. The highest BCUT2D eigenvalue weighted by Crippen LogP contribution is 2.30. The molecule has 0 aliphatic heterocycles. The Bertz CT molecular complexity index is 389. The van der Waals surface area contributed by atoms with Gasteiger partial charge in [-0.15, -0.1) is 0 Å². The number of aliphatic hydroxyl groups is 1. The molecular weight excluding hydrogens is 287 g/mol. The van der Waals surface area contributed by atoms with Gasteiger partial charge in [-0.25, -0.2) is 4.39 Å². The van der Waals surface area contributed by atoms with Crippen LogP contribution in [0.4, 0.5) is 4.39 Å². The minimum Gasteiger partial charge on any atom is -0.490 e. The highest BCUT2D eigenvalue weighted by Gasteiger charge is 2.18. The van der Waals surface area contributed by atoms with Crippen molar-refractivity contribution in [3.8, 4) is 5.75 Å². The van der Waals surface area contributed by atoms with Crippen molar-refractivity contribution in [3.63, 3.8) is 0 Å². The van der Waals surface area contributed by atoms with Crippen LogP contribution in [0.25, 0.3) is 0 Å². The summed E-state index contributed by atoms with van der Waals surface area (Å²) in [5, 5.41) is 9.08. The molecule has 1 N–H and O–H groups in total. The zero-order valence-electron chi connectivity index (χ0n) is 9.59. The number of halogens is 2. The van der Waals surface area contributed by atoms with Crippen molar-refractivity contribution in [1.82, 2.24) is 0 Å². The molecule has 0 amide bonds. The van der Waals surface area contributed by atoms with Gasteiger partial charge in [0.05, 0.1) is 13.2 Å². The first kappa shape index (κ1) is 12.8. The van der Waals surface area contributed by atoms with E-state index >= 15 is 0 Å². The molecule has 1 fully saturated rings. The number of rotatable bonds is 4. The third kappa shape index (κ3) is 2.99. The first-order valence-electron chi connectivity index (χ1n) is 5.93. The number of ether oxygens (including phenoxy) is 1. The Morgan fingerprint density at radius 3 is 2.71 bits per heavy atom. The predicted octanol–water partition coefficient (Wildman–Crippen LogP) is 3.65. The van der Waals surface area contributed by atoms with Crippen LogP contribution in [0.2, 0.25) is 0 Å². The zero-order valence-corrected chi connectivity index (χ0v) is 11.2.